The molecule has 2 aromatic rings. The molecular weight excluding hydrogens is 290 g/mol. The van der Waals surface area contributed by atoms with E-state index in [2.05, 4.69) is 15.6 Å². The molecule has 0 bridgehead atoms. The molecule has 1 saturated carbocycles. The van der Waals surface area contributed by atoms with E-state index in [1.807, 2.05) is 23.4 Å². The van der Waals surface area contributed by atoms with Crippen LogP contribution in [0.1, 0.15) is 48.5 Å². The van der Waals surface area contributed by atoms with Crippen molar-refractivity contribution in [1.29, 1.82) is 0 Å². The molecule has 5 nitrogen and oxygen atoms in total. The van der Waals surface area contributed by atoms with E-state index in [0.29, 0.717) is 32.3 Å². The second-order valence-corrected chi connectivity index (χ2v) is 6.55. The first-order chi connectivity index (χ1) is 11.3. The van der Waals surface area contributed by atoms with Crippen LogP contribution in [0.2, 0.25) is 0 Å². The third-order valence-corrected chi connectivity index (χ3v) is 5.09. The van der Waals surface area contributed by atoms with Gasteiger partial charge in [0.2, 0.25) is 0 Å². The number of imidazole rings is 1. The molecule has 5 heteroatoms. The summed E-state index contributed by atoms with van der Waals surface area (Å²) in [4.78, 5) is 19.0. The molecule has 2 heterocycles. The van der Waals surface area contributed by atoms with Crippen molar-refractivity contribution in [2.45, 2.75) is 38.1 Å². The molecule has 1 amide bonds. The maximum Gasteiger partial charge on any atom is 0.254 e. The Labute approximate surface area is 136 Å². The summed E-state index contributed by atoms with van der Waals surface area (Å²) in [5, 5.41) is 0. The first-order valence-corrected chi connectivity index (χ1v) is 8.66. The molecule has 1 aliphatic heterocycles. The number of hydrogen-bond donors (Lipinski definition) is 0. The van der Waals surface area contributed by atoms with E-state index in [-0.39, 0.29) is 5.91 Å². The van der Waals surface area contributed by atoms with Gasteiger partial charge in [0.25, 0.3) is 5.91 Å². The van der Waals surface area contributed by atoms with Crippen LogP contribution >= 0.6 is 0 Å². The lowest BCUT2D eigenvalue weighted by atomic mass is 9.95. The van der Waals surface area contributed by atoms with Crippen molar-refractivity contribution in [3.8, 4) is 0 Å². The van der Waals surface area contributed by atoms with Gasteiger partial charge in [0.1, 0.15) is 0 Å². The molecule has 1 saturated heterocycles. The van der Waals surface area contributed by atoms with Crippen LogP contribution in [0.5, 0.6) is 0 Å². The summed E-state index contributed by atoms with van der Waals surface area (Å²) in [6, 6.07) is 6.51. The van der Waals surface area contributed by atoms with Crippen molar-refractivity contribution in [3.63, 3.8) is 0 Å². The van der Waals surface area contributed by atoms with E-state index in [0.717, 1.165) is 16.6 Å². The number of rotatable bonds is 2. The highest BCUT2D eigenvalue weighted by Crippen LogP contribution is 2.31. The number of ether oxygens (including phenoxy) is 1. The van der Waals surface area contributed by atoms with Gasteiger partial charge in [-0.3, -0.25) is 4.79 Å². The fraction of sp³-hybridized carbons (Fsp3) is 0.556. The summed E-state index contributed by atoms with van der Waals surface area (Å²) in [7, 11) is 0. The number of morpholine rings is 1. The number of amides is 1. The van der Waals surface area contributed by atoms with Gasteiger partial charge >= 0.3 is 0 Å². The molecule has 0 radical (unpaired) electrons. The average molecular weight is 313 g/mol. The van der Waals surface area contributed by atoms with Crippen LogP contribution in [0, 0.1) is 0 Å². The topological polar surface area (TPSA) is 47.4 Å². The highest BCUT2D eigenvalue weighted by molar-refractivity contribution is 5.97. The highest BCUT2D eigenvalue weighted by Gasteiger charge is 2.21. The fourth-order valence-corrected chi connectivity index (χ4v) is 3.76. The maximum atomic E-state index is 12.6. The molecular formula is C18H23N3O2. The zero-order valence-electron chi connectivity index (χ0n) is 13.4. The molecule has 1 aliphatic carbocycles. The van der Waals surface area contributed by atoms with Crippen LogP contribution in [0.3, 0.4) is 0 Å². The Kier molecular flexibility index (Phi) is 4.04. The average Bonchev–Trinajstić information content (AvgIpc) is 3.06. The van der Waals surface area contributed by atoms with Gasteiger partial charge in [0.15, 0.2) is 0 Å². The molecule has 122 valence electrons. The van der Waals surface area contributed by atoms with Crippen LogP contribution in [0.4, 0.5) is 0 Å². The number of carbonyl (C=O) groups is 1. The third-order valence-electron chi connectivity index (χ3n) is 5.09. The highest BCUT2D eigenvalue weighted by atomic mass is 16.5. The van der Waals surface area contributed by atoms with Gasteiger partial charge in [-0.1, -0.05) is 19.3 Å². The first-order valence-electron chi connectivity index (χ1n) is 8.66. The predicted molar refractivity (Wildman–Crippen MR) is 88.6 cm³/mol. The van der Waals surface area contributed by atoms with Crippen LogP contribution in [0.25, 0.3) is 11.0 Å². The number of nitrogens with zero attached hydrogens (tertiary/aromatic N) is 3. The number of aromatic nitrogens is 2. The summed E-state index contributed by atoms with van der Waals surface area (Å²) in [5.41, 5.74) is 2.80. The van der Waals surface area contributed by atoms with Crippen LogP contribution in [0.15, 0.2) is 24.5 Å². The van der Waals surface area contributed by atoms with Gasteiger partial charge in [-0.15, -0.1) is 0 Å². The molecule has 0 unspecified atom stereocenters. The van der Waals surface area contributed by atoms with Crippen LogP contribution < -0.4 is 0 Å². The van der Waals surface area contributed by atoms with Crippen LogP contribution in [-0.4, -0.2) is 46.7 Å². The summed E-state index contributed by atoms with van der Waals surface area (Å²) in [6.07, 6.45) is 8.38. The second kappa shape index (κ2) is 6.32. The molecule has 0 atom stereocenters. The summed E-state index contributed by atoms with van der Waals surface area (Å²) in [6.45, 7) is 2.61. The van der Waals surface area contributed by atoms with Gasteiger partial charge < -0.3 is 14.2 Å². The molecule has 1 aromatic heterocycles. The quantitative estimate of drug-likeness (QED) is 0.856. The monoisotopic (exact) mass is 313 g/mol. The minimum absolute atomic E-state index is 0.0856. The van der Waals surface area contributed by atoms with E-state index in [1.54, 1.807) is 0 Å². The number of carbonyl (C=O) groups excluding carboxylic acids is 1. The van der Waals surface area contributed by atoms with Gasteiger partial charge in [-0.25, -0.2) is 4.98 Å². The molecule has 0 N–H and O–H groups in total. The van der Waals surface area contributed by atoms with Crippen molar-refractivity contribution >= 4 is 16.9 Å². The first kappa shape index (κ1) is 14.7. The minimum Gasteiger partial charge on any atom is -0.378 e. The van der Waals surface area contributed by atoms with Gasteiger partial charge in [-0.2, -0.15) is 0 Å². The second-order valence-electron chi connectivity index (χ2n) is 6.55. The van der Waals surface area contributed by atoms with Crippen molar-refractivity contribution in [1.82, 2.24) is 14.5 Å². The van der Waals surface area contributed by atoms with Crippen molar-refractivity contribution in [3.05, 3.63) is 30.1 Å². The van der Waals surface area contributed by atoms with Crippen LogP contribution in [-0.2, 0) is 4.74 Å². The van der Waals surface area contributed by atoms with Crippen molar-refractivity contribution in [2.24, 2.45) is 0 Å². The summed E-state index contributed by atoms with van der Waals surface area (Å²) in [5.74, 6) is 0.0856. The van der Waals surface area contributed by atoms with Gasteiger partial charge in [-0.05, 0) is 31.0 Å². The van der Waals surface area contributed by atoms with E-state index in [4.69, 9.17) is 4.74 Å². The molecule has 0 spiro atoms. The molecule has 2 aliphatic rings. The molecule has 4 rings (SSSR count). The zero-order chi connectivity index (χ0) is 15.6. The Morgan fingerprint density at radius 1 is 1.13 bits per heavy atom. The third kappa shape index (κ3) is 2.85. The summed E-state index contributed by atoms with van der Waals surface area (Å²) >= 11 is 0. The minimum atomic E-state index is 0.0856. The normalized spacial score (nSPS) is 20.1. The van der Waals surface area contributed by atoms with E-state index >= 15 is 0 Å². The lowest BCUT2D eigenvalue weighted by Crippen LogP contribution is -2.40. The maximum absolute atomic E-state index is 12.6. The number of benzene rings is 1. The fourth-order valence-electron chi connectivity index (χ4n) is 3.76. The van der Waals surface area contributed by atoms with E-state index in [1.165, 1.54) is 32.1 Å². The Morgan fingerprint density at radius 3 is 2.70 bits per heavy atom. The van der Waals surface area contributed by atoms with Gasteiger partial charge in [0.05, 0.1) is 30.6 Å². The molecule has 2 fully saturated rings. The van der Waals surface area contributed by atoms with Crippen molar-refractivity contribution in [2.75, 3.05) is 26.3 Å². The van der Waals surface area contributed by atoms with Crippen molar-refractivity contribution < 1.29 is 9.53 Å². The SMILES string of the molecule is O=C(c1ccc2c(c1)ncn2C1CCCCC1)N1CCOCC1. The number of hydrogen-bond acceptors (Lipinski definition) is 3. The molecule has 1 aromatic carbocycles. The predicted octanol–water partition coefficient (Wildman–Crippen LogP) is 3.01. The zero-order valence-corrected chi connectivity index (χ0v) is 13.4. The van der Waals surface area contributed by atoms with E-state index < -0.39 is 0 Å². The standard InChI is InChI=1S/C18H23N3O2/c22-18(20-8-10-23-11-9-20)14-6-7-17-16(12-14)19-13-21(17)15-4-2-1-3-5-15/h6-7,12-13,15H,1-5,8-11H2. The summed E-state index contributed by atoms with van der Waals surface area (Å²) < 4.78 is 7.62. The lowest BCUT2D eigenvalue weighted by Gasteiger charge is -2.27. The smallest absolute Gasteiger partial charge is 0.254 e. The largest absolute Gasteiger partial charge is 0.378 e. The lowest BCUT2D eigenvalue weighted by molar-refractivity contribution is 0.0303. The Hall–Kier alpha value is -1.88. The van der Waals surface area contributed by atoms with E-state index in [9.17, 15) is 4.79 Å². The Balaban J connectivity index is 1.60. The van der Waals surface area contributed by atoms with Gasteiger partial charge in [0, 0.05) is 24.7 Å². The Morgan fingerprint density at radius 2 is 1.91 bits per heavy atom. The Bertz CT molecular complexity index is 697. The number of fused-ring (bicyclic) bond motifs is 1. The molecule has 23 heavy (non-hydrogen) atoms.